The largest absolute Gasteiger partial charge is 0.493 e. The van der Waals surface area contributed by atoms with Crippen LogP contribution in [-0.2, 0) is 6.42 Å². The van der Waals surface area contributed by atoms with Crippen molar-refractivity contribution in [2.45, 2.75) is 233 Å². The van der Waals surface area contributed by atoms with Gasteiger partial charge in [-0.1, -0.05) is 207 Å². The molecule has 0 spiro atoms. The highest BCUT2D eigenvalue weighted by Crippen LogP contribution is 2.25. The van der Waals surface area contributed by atoms with Crippen molar-refractivity contribution < 1.29 is 9.47 Å². The van der Waals surface area contributed by atoms with Gasteiger partial charge in [-0.05, 0) is 43.4 Å². The lowest BCUT2D eigenvalue weighted by Crippen LogP contribution is -2.01. The van der Waals surface area contributed by atoms with Gasteiger partial charge in [0, 0.05) is 6.07 Å². The Bertz CT molecular complexity index is 674. The van der Waals surface area contributed by atoms with Crippen molar-refractivity contribution in [3.8, 4) is 11.5 Å². The fourth-order valence-electron chi connectivity index (χ4n) is 6.65. The molecule has 0 aromatic heterocycles. The predicted molar refractivity (Wildman–Crippen MR) is 206 cm³/mol. The van der Waals surface area contributed by atoms with E-state index in [1.807, 2.05) is 0 Å². The van der Waals surface area contributed by atoms with Crippen molar-refractivity contribution in [1.29, 1.82) is 0 Å². The van der Waals surface area contributed by atoms with E-state index in [0.717, 1.165) is 44.0 Å². The van der Waals surface area contributed by atoms with Gasteiger partial charge in [0.15, 0.2) is 0 Å². The molecular formula is C44H82O2. The zero-order valence-corrected chi connectivity index (χ0v) is 31.8. The molecule has 0 saturated carbocycles. The van der Waals surface area contributed by atoms with E-state index in [9.17, 15) is 0 Å². The average Bonchev–Trinajstić information content (AvgIpc) is 3.07. The molecule has 2 heteroatoms. The van der Waals surface area contributed by atoms with E-state index in [2.05, 4.69) is 39.0 Å². The van der Waals surface area contributed by atoms with Crippen molar-refractivity contribution in [3.05, 3.63) is 23.8 Å². The standard InChI is InChI=1S/C44H82O2/c1-4-7-10-12-14-16-18-20-22-24-26-28-30-32-34-37-45-43-39-42(36-9-6-3)40-44(41-43)46-38-35-33-31-29-27-25-23-21-19-17-15-13-11-8-5-2/h39-41H,4-38H2,1-3H3. The Hall–Kier alpha value is -1.18. The molecule has 0 aliphatic heterocycles. The molecule has 1 aromatic carbocycles. The van der Waals surface area contributed by atoms with Crippen LogP contribution in [0.15, 0.2) is 18.2 Å². The van der Waals surface area contributed by atoms with Crippen LogP contribution in [0.5, 0.6) is 11.5 Å². The topological polar surface area (TPSA) is 18.5 Å². The van der Waals surface area contributed by atoms with Gasteiger partial charge in [0.1, 0.15) is 11.5 Å². The summed E-state index contributed by atoms with van der Waals surface area (Å²) in [7, 11) is 0. The van der Waals surface area contributed by atoms with Gasteiger partial charge < -0.3 is 9.47 Å². The first kappa shape index (κ1) is 42.8. The summed E-state index contributed by atoms with van der Waals surface area (Å²) in [6.07, 6.45) is 45.5. The maximum Gasteiger partial charge on any atom is 0.123 e. The van der Waals surface area contributed by atoms with Gasteiger partial charge in [0.25, 0.3) is 0 Å². The van der Waals surface area contributed by atoms with E-state index in [1.165, 1.54) is 198 Å². The first-order valence-corrected chi connectivity index (χ1v) is 21.2. The van der Waals surface area contributed by atoms with Gasteiger partial charge in [-0.3, -0.25) is 0 Å². The summed E-state index contributed by atoms with van der Waals surface area (Å²) in [6.45, 7) is 8.52. The van der Waals surface area contributed by atoms with E-state index in [1.54, 1.807) is 0 Å². The number of rotatable bonds is 37. The third kappa shape index (κ3) is 29.0. The Morgan fingerprint density at radius 3 is 0.848 bits per heavy atom. The number of aryl methyl sites for hydroxylation is 1. The summed E-state index contributed by atoms with van der Waals surface area (Å²) in [5.41, 5.74) is 1.36. The molecule has 0 amide bonds. The van der Waals surface area contributed by atoms with E-state index >= 15 is 0 Å². The predicted octanol–water partition coefficient (Wildman–Crippen LogP) is 15.5. The van der Waals surface area contributed by atoms with Crippen molar-refractivity contribution >= 4 is 0 Å². The molecule has 0 N–H and O–H groups in total. The molecule has 2 nitrogen and oxygen atoms in total. The lowest BCUT2D eigenvalue weighted by atomic mass is 10.0. The summed E-state index contributed by atoms with van der Waals surface area (Å²) in [5, 5.41) is 0. The van der Waals surface area contributed by atoms with Crippen LogP contribution in [0.2, 0.25) is 0 Å². The molecule has 0 unspecified atom stereocenters. The van der Waals surface area contributed by atoms with Gasteiger partial charge >= 0.3 is 0 Å². The Kier molecular flexibility index (Phi) is 32.7. The van der Waals surface area contributed by atoms with Gasteiger partial charge in [-0.2, -0.15) is 0 Å². The monoisotopic (exact) mass is 643 g/mol. The van der Waals surface area contributed by atoms with Crippen LogP contribution in [-0.4, -0.2) is 13.2 Å². The van der Waals surface area contributed by atoms with Crippen LogP contribution < -0.4 is 9.47 Å². The van der Waals surface area contributed by atoms with E-state index in [-0.39, 0.29) is 0 Å². The van der Waals surface area contributed by atoms with Crippen LogP contribution in [0, 0.1) is 0 Å². The Morgan fingerprint density at radius 2 is 0.565 bits per heavy atom. The summed E-state index contributed by atoms with van der Waals surface area (Å²) in [6, 6.07) is 6.63. The minimum Gasteiger partial charge on any atom is -0.493 e. The Morgan fingerprint density at radius 1 is 0.304 bits per heavy atom. The molecule has 0 atom stereocenters. The zero-order valence-electron chi connectivity index (χ0n) is 31.8. The molecular weight excluding hydrogens is 560 g/mol. The molecule has 1 aromatic rings. The minimum atomic E-state index is 0.827. The highest BCUT2D eigenvalue weighted by Gasteiger charge is 2.05. The molecule has 0 heterocycles. The molecule has 0 fully saturated rings. The zero-order chi connectivity index (χ0) is 33.0. The minimum absolute atomic E-state index is 0.827. The van der Waals surface area contributed by atoms with Crippen molar-refractivity contribution in [2.75, 3.05) is 13.2 Å². The Labute approximate surface area is 290 Å². The number of hydrogen-bond donors (Lipinski definition) is 0. The number of hydrogen-bond acceptors (Lipinski definition) is 2. The fourth-order valence-corrected chi connectivity index (χ4v) is 6.65. The summed E-state index contributed by atoms with van der Waals surface area (Å²) < 4.78 is 12.5. The van der Waals surface area contributed by atoms with Crippen LogP contribution in [0.3, 0.4) is 0 Å². The maximum atomic E-state index is 6.23. The normalized spacial score (nSPS) is 11.4. The van der Waals surface area contributed by atoms with Crippen LogP contribution in [0.25, 0.3) is 0 Å². The van der Waals surface area contributed by atoms with Crippen molar-refractivity contribution in [3.63, 3.8) is 0 Å². The lowest BCUT2D eigenvalue weighted by Gasteiger charge is -2.13. The van der Waals surface area contributed by atoms with Gasteiger partial charge in [0.2, 0.25) is 0 Å². The number of ether oxygens (including phenoxy) is 2. The first-order valence-electron chi connectivity index (χ1n) is 21.2. The van der Waals surface area contributed by atoms with E-state index in [4.69, 9.17) is 9.47 Å². The highest BCUT2D eigenvalue weighted by atomic mass is 16.5. The average molecular weight is 643 g/mol. The molecule has 0 bridgehead atoms. The fraction of sp³-hybridized carbons (Fsp3) is 0.864. The summed E-state index contributed by atoms with van der Waals surface area (Å²) >= 11 is 0. The van der Waals surface area contributed by atoms with Crippen molar-refractivity contribution in [1.82, 2.24) is 0 Å². The second-order valence-corrected chi connectivity index (χ2v) is 14.5. The molecule has 46 heavy (non-hydrogen) atoms. The second kappa shape index (κ2) is 35.1. The molecule has 0 saturated heterocycles. The van der Waals surface area contributed by atoms with Gasteiger partial charge in [-0.25, -0.2) is 0 Å². The smallest absolute Gasteiger partial charge is 0.123 e. The molecule has 270 valence electrons. The number of unbranched alkanes of at least 4 members (excludes halogenated alkanes) is 29. The van der Waals surface area contributed by atoms with Crippen molar-refractivity contribution in [2.24, 2.45) is 0 Å². The van der Waals surface area contributed by atoms with E-state index in [0.29, 0.717) is 0 Å². The second-order valence-electron chi connectivity index (χ2n) is 14.5. The molecule has 0 aliphatic rings. The quantitative estimate of drug-likeness (QED) is 0.0672. The summed E-state index contributed by atoms with van der Waals surface area (Å²) in [5.74, 6) is 2.01. The Balaban J connectivity index is 2.06. The molecule has 0 radical (unpaired) electrons. The SMILES string of the molecule is CCCCCCCCCCCCCCCCCOc1cc(CCCC)cc(OCCCCCCCCCCCCCCCCC)c1. The third-order valence-electron chi connectivity index (χ3n) is 9.79. The number of benzene rings is 1. The van der Waals surface area contributed by atoms with Crippen LogP contribution >= 0.6 is 0 Å². The molecule has 0 aliphatic carbocycles. The summed E-state index contributed by atoms with van der Waals surface area (Å²) in [4.78, 5) is 0. The molecule has 1 rings (SSSR count). The highest BCUT2D eigenvalue weighted by molar-refractivity contribution is 5.38. The van der Waals surface area contributed by atoms with Crippen LogP contribution in [0.1, 0.15) is 232 Å². The lowest BCUT2D eigenvalue weighted by molar-refractivity contribution is 0.289. The van der Waals surface area contributed by atoms with Gasteiger partial charge in [0.05, 0.1) is 13.2 Å². The van der Waals surface area contributed by atoms with E-state index < -0.39 is 0 Å². The first-order chi connectivity index (χ1) is 22.8. The maximum absolute atomic E-state index is 6.23. The van der Waals surface area contributed by atoms with Gasteiger partial charge in [-0.15, -0.1) is 0 Å². The van der Waals surface area contributed by atoms with Crippen LogP contribution in [0.4, 0.5) is 0 Å². The third-order valence-corrected chi connectivity index (χ3v) is 9.79.